The fraction of sp³-hybridized carbons (Fsp3) is 0.385. The average molecular weight is 418 g/mol. The minimum Gasteiger partial charge on any atom is -0.335 e. The van der Waals surface area contributed by atoms with Gasteiger partial charge in [0.05, 0.1) is 12.1 Å². The summed E-state index contributed by atoms with van der Waals surface area (Å²) in [5, 5.41) is 4.20. The van der Waals surface area contributed by atoms with Gasteiger partial charge in [0.25, 0.3) is 5.56 Å². The van der Waals surface area contributed by atoms with Crippen molar-refractivity contribution in [2.75, 3.05) is 0 Å². The monoisotopic (exact) mass is 417 g/mol. The van der Waals surface area contributed by atoms with Crippen molar-refractivity contribution in [2.24, 2.45) is 0 Å². The molecule has 0 spiro atoms. The Morgan fingerprint density at radius 3 is 2.52 bits per heavy atom. The predicted octanol–water partition coefficient (Wildman–Crippen LogP) is 5.19. The molecule has 3 aromatic rings. The van der Waals surface area contributed by atoms with E-state index in [9.17, 15) is 9.59 Å². The van der Waals surface area contributed by atoms with Gasteiger partial charge in [-0.25, -0.2) is 4.79 Å². The molecule has 1 saturated carbocycles. The molecule has 5 heteroatoms. The van der Waals surface area contributed by atoms with Gasteiger partial charge < -0.3 is 15.2 Å². The summed E-state index contributed by atoms with van der Waals surface area (Å²) in [6.07, 6.45) is 5.62. The second kappa shape index (κ2) is 9.38. The van der Waals surface area contributed by atoms with Crippen LogP contribution in [0.25, 0.3) is 10.9 Å². The summed E-state index contributed by atoms with van der Waals surface area (Å²) in [6.45, 7) is 4.77. The molecule has 0 aliphatic heterocycles. The number of carbonyl (C=O) groups excluding carboxylic acids is 1. The zero-order valence-corrected chi connectivity index (χ0v) is 18.4. The van der Waals surface area contributed by atoms with Crippen molar-refractivity contribution in [1.29, 1.82) is 0 Å². The van der Waals surface area contributed by atoms with Crippen molar-refractivity contribution >= 4 is 16.9 Å². The molecule has 1 aliphatic carbocycles. The van der Waals surface area contributed by atoms with E-state index in [1.54, 1.807) is 4.90 Å². The molecule has 1 aliphatic rings. The van der Waals surface area contributed by atoms with Gasteiger partial charge in [-0.05, 0) is 49.3 Å². The van der Waals surface area contributed by atoms with Crippen LogP contribution in [0.4, 0.5) is 4.79 Å². The van der Waals surface area contributed by atoms with Gasteiger partial charge in [0, 0.05) is 18.2 Å². The summed E-state index contributed by atoms with van der Waals surface area (Å²) in [5.74, 6) is 0. The number of rotatable bonds is 5. The zero-order chi connectivity index (χ0) is 21.8. The number of amides is 2. The van der Waals surface area contributed by atoms with E-state index in [2.05, 4.69) is 22.4 Å². The number of aromatic nitrogens is 1. The van der Waals surface area contributed by atoms with Crippen molar-refractivity contribution in [3.05, 3.63) is 81.1 Å². The predicted molar refractivity (Wildman–Crippen MR) is 125 cm³/mol. The molecule has 1 aromatic heterocycles. The first kappa shape index (κ1) is 21.2. The maximum Gasteiger partial charge on any atom is 0.318 e. The highest BCUT2D eigenvalue weighted by molar-refractivity contribution is 5.82. The number of carbonyl (C=O) groups is 1. The van der Waals surface area contributed by atoms with Crippen LogP contribution in [0.3, 0.4) is 0 Å². The lowest BCUT2D eigenvalue weighted by atomic mass is 9.96. The quantitative estimate of drug-likeness (QED) is 0.600. The lowest BCUT2D eigenvalue weighted by Crippen LogP contribution is -2.45. The Kier molecular flexibility index (Phi) is 6.40. The first-order valence-corrected chi connectivity index (χ1v) is 11.2. The highest BCUT2D eigenvalue weighted by Gasteiger charge is 2.21. The van der Waals surface area contributed by atoms with E-state index >= 15 is 0 Å². The Balaban J connectivity index is 1.60. The highest BCUT2D eigenvalue weighted by atomic mass is 16.2. The van der Waals surface area contributed by atoms with E-state index in [-0.39, 0.29) is 24.2 Å². The largest absolute Gasteiger partial charge is 0.335 e. The van der Waals surface area contributed by atoms with Crippen molar-refractivity contribution in [3.8, 4) is 0 Å². The van der Waals surface area contributed by atoms with Crippen LogP contribution < -0.4 is 10.9 Å². The maximum absolute atomic E-state index is 13.2. The molecule has 0 saturated heterocycles. The topological polar surface area (TPSA) is 65.2 Å². The van der Waals surface area contributed by atoms with Crippen LogP contribution in [0, 0.1) is 13.8 Å². The molecule has 0 atom stereocenters. The summed E-state index contributed by atoms with van der Waals surface area (Å²) >= 11 is 0. The normalized spacial score (nSPS) is 14.5. The van der Waals surface area contributed by atoms with Crippen LogP contribution in [0.5, 0.6) is 0 Å². The van der Waals surface area contributed by atoms with Gasteiger partial charge in [-0.15, -0.1) is 0 Å². The third kappa shape index (κ3) is 5.16. The minimum absolute atomic E-state index is 0.101. The molecule has 5 nitrogen and oxygen atoms in total. The molecule has 0 radical (unpaired) electrons. The van der Waals surface area contributed by atoms with Crippen LogP contribution in [0.15, 0.2) is 53.3 Å². The lowest BCUT2D eigenvalue weighted by Gasteiger charge is -2.28. The number of H-pyrrole nitrogens is 1. The molecule has 162 valence electrons. The number of aromatic amines is 1. The molecular formula is C26H31N3O2. The van der Waals surface area contributed by atoms with E-state index in [0.29, 0.717) is 12.1 Å². The number of fused-ring (bicyclic) bond motifs is 1. The smallest absolute Gasteiger partial charge is 0.318 e. The van der Waals surface area contributed by atoms with Crippen molar-refractivity contribution in [1.82, 2.24) is 15.2 Å². The minimum atomic E-state index is -0.138. The number of hydrogen-bond acceptors (Lipinski definition) is 2. The van der Waals surface area contributed by atoms with E-state index < -0.39 is 0 Å². The summed E-state index contributed by atoms with van der Waals surface area (Å²) in [6, 6.07) is 16.2. The summed E-state index contributed by atoms with van der Waals surface area (Å²) in [4.78, 5) is 30.8. The van der Waals surface area contributed by atoms with Crippen LogP contribution in [-0.2, 0) is 13.1 Å². The molecule has 2 amide bonds. The van der Waals surface area contributed by atoms with Gasteiger partial charge in [-0.3, -0.25) is 4.79 Å². The molecule has 1 fully saturated rings. The molecule has 2 N–H and O–H groups in total. The van der Waals surface area contributed by atoms with Crippen LogP contribution in [-0.4, -0.2) is 22.0 Å². The molecule has 0 unspecified atom stereocenters. The number of pyridine rings is 1. The number of aryl methyl sites for hydroxylation is 2. The third-order valence-corrected chi connectivity index (χ3v) is 6.24. The standard InChI is InChI=1S/C26H31N3O2/c1-18-11-13-20(14-12-18)16-29(26(31)27-23-9-4-3-5-10-23)17-22-15-21-8-6-7-19(2)24(21)28-25(22)30/h6-8,11-15,23H,3-5,9-10,16-17H2,1-2H3,(H,27,31)(H,28,30). The fourth-order valence-corrected chi connectivity index (χ4v) is 4.38. The van der Waals surface area contributed by atoms with Crippen LogP contribution in [0.1, 0.15) is 54.4 Å². The average Bonchev–Trinajstić information content (AvgIpc) is 2.76. The van der Waals surface area contributed by atoms with Crippen molar-refractivity contribution in [2.45, 2.75) is 65.1 Å². The number of para-hydroxylation sites is 1. The van der Waals surface area contributed by atoms with Gasteiger partial charge in [-0.1, -0.05) is 67.3 Å². The fourth-order valence-electron chi connectivity index (χ4n) is 4.38. The molecule has 31 heavy (non-hydrogen) atoms. The SMILES string of the molecule is Cc1ccc(CN(Cc2cc3cccc(C)c3[nH]c2=O)C(=O)NC2CCCCC2)cc1. The number of nitrogens with zero attached hydrogens (tertiary/aromatic N) is 1. The van der Waals surface area contributed by atoms with Gasteiger partial charge in [-0.2, -0.15) is 0 Å². The van der Waals surface area contributed by atoms with Crippen molar-refractivity contribution in [3.63, 3.8) is 0 Å². The maximum atomic E-state index is 13.2. The summed E-state index contributed by atoms with van der Waals surface area (Å²) < 4.78 is 0. The molecule has 2 aromatic carbocycles. The highest BCUT2D eigenvalue weighted by Crippen LogP contribution is 2.19. The Labute approximate surface area is 183 Å². The molecule has 4 rings (SSSR count). The Morgan fingerprint density at radius 1 is 1.03 bits per heavy atom. The van der Waals surface area contributed by atoms with Gasteiger partial charge in [0.1, 0.15) is 0 Å². The number of urea groups is 1. The number of benzene rings is 2. The van der Waals surface area contributed by atoms with Crippen LogP contribution in [0.2, 0.25) is 0 Å². The number of nitrogens with one attached hydrogen (secondary N) is 2. The van der Waals surface area contributed by atoms with Gasteiger partial charge in [0.2, 0.25) is 0 Å². The molecular weight excluding hydrogens is 386 g/mol. The van der Waals surface area contributed by atoms with E-state index in [1.165, 1.54) is 12.0 Å². The van der Waals surface area contributed by atoms with Gasteiger partial charge >= 0.3 is 6.03 Å². The second-order valence-electron chi connectivity index (χ2n) is 8.79. The third-order valence-electron chi connectivity index (χ3n) is 6.24. The Hall–Kier alpha value is -3.08. The van der Waals surface area contributed by atoms with Crippen LogP contribution >= 0.6 is 0 Å². The number of hydrogen-bond donors (Lipinski definition) is 2. The Morgan fingerprint density at radius 2 is 1.77 bits per heavy atom. The summed E-state index contributed by atoms with van der Waals surface area (Å²) in [5.41, 5.74) is 4.59. The first-order chi connectivity index (χ1) is 15.0. The van der Waals surface area contributed by atoms with Gasteiger partial charge in [0.15, 0.2) is 0 Å². The second-order valence-corrected chi connectivity index (χ2v) is 8.79. The zero-order valence-electron chi connectivity index (χ0n) is 18.4. The summed E-state index contributed by atoms with van der Waals surface area (Å²) in [7, 11) is 0. The first-order valence-electron chi connectivity index (χ1n) is 11.2. The lowest BCUT2D eigenvalue weighted by molar-refractivity contribution is 0.184. The Bertz CT molecular complexity index is 1110. The van der Waals surface area contributed by atoms with E-state index in [1.807, 2.05) is 50.2 Å². The van der Waals surface area contributed by atoms with E-state index in [0.717, 1.165) is 47.7 Å². The molecule has 0 bridgehead atoms. The van der Waals surface area contributed by atoms with Crippen molar-refractivity contribution < 1.29 is 4.79 Å². The molecule has 1 heterocycles. The van der Waals surface area contributed by atoms with E-state index in [4.69, 9.17) is 0 Å².